The highest BCUT2D eigenvalue weighted by atomic mass is 16.5. The Balaban J connectivity index is 3.04. The van der Waals surface area contributed by atoms with Crippen molar-refractivity contribution in [1.29, 1.82) is 5.26 Å². The Morgan fingerprint density at radius 1 is 1.52 bits per heavy atom. The molecule has 0 aromatic carbocycles. The van der Waals surface area contributed by atoms with Gasteiger partial charge < -0.3 is 20.1 Å². The van der Waals surface area contributed by atoms with Gasteiger partial charge in [0.05, 0.1) is 37.0 Å². The summed E-state index contributed by atoms with van der Waals surface area (Å²) in [7, 11) is 1.59. The summed E-state index contributed by atoms with van der Waals surface area (Å²) >= 11 is 0. The van der Waals surface area contributed by atoms with Gasteiger partial charge in [0.1, 0.15) is 0 Å². The van der Waals surface area contributed by atoms with Crippen LogP contribution in [0.5, 0.6) is 0 Å². The van der Waals surface area contributed by atoms with Crippen LogP contribution in [0, 0.1) is 11.3 Å². The second kappa shape index (κ2) is 8.76. The van der Waals surface area contributed by atoms with Crippen LogP contribution >= 0.6 is 0 Å². The molecule has 0 saturated heterocycles. The second-order valence-corrected chi connectivity index (χ2v) is 4.20. The Kier molecular flexibility index (Phi) is 6.98. The first kappa shape index (κ1) is 16.7. The summed E-state index contributed by atoms with van der Waals surface area (Å²) in [5.41, 5.74) is 6.56. The van der Waals surface area contributed by atoms with Crippen molar-refractivity contribution in [3.63, 3.8) is 0 Å². The van der Waals surface area contributed by atoms with Gasteiger partial charge in [-0.2, -0.15) is 5.26 Å². The van der Waals surface area contributed by atoms with E-state index in [2.05, 4.69) is 11.1 Å². The van der Waals surface area contributed by atoms with Crippen LogP contribution in [-0.2, 0) is 9.47 Å². The van der Waals surface area contributed by atoms with Crippen molar-refractivity contribution in [3.8, 4) is 6.07 Å². The number of methoxy groups -OCH3 is 1. The highest BCUT2D eigenvalue weighted by Gasteiger charge is 2.18. The number of nitrogens with two attached hydrogens (primary N) is 1. The Morgan fingerprint density at radius 3 is 2.90 bits per heavy atom. The highest BCUT2D eigenvalue weighted by molar-refractivity contribution is 5.97. The van der Waals surface area contributed by atoms with E-state index in [-0.39, 0.29) is 17.9 Å². The van der Waals surface area contributed by atoms with E-state index in [9.17, 15) is 4.79 Å². The number of nitriles is 1. The van der Waals surface area contributed by atoms with Crippen molar-refractivity contribution in [1.82, 2.24) is 4.98 Å². The largest absolute Gasteiger partial charge is 0.462 e. The Morgan fingerprint density at radius 2 is 2.29 bits per heavy atom. The van der Waals surface area contributed by atoms with Gasteiger partial charge in [0.2, 0.25) is 0 Å². The van der Waals surface area contributed by atoms with E-state index in [1.54, 1.807) is 14.0 Å². The molecule has 0 aliphatic heterocycles. The molecule has 21 heavy (non-hydrogen) atoms. The summed E-state index contributed by atoms with van der Waals surface area (Å²) in [6.07, 6.45) is 1.83. The molecule has 0 bridgehead atoms. The number of pyridine rings is 1. The first-order valence-electron chi connectivity index (χ1n) is 6.68. The average molecular weight is 292 g/mol. The number of esters is 1. The lowest BCUT2D eigenvalue weighted by Gasteiger charge is -2.24. The van der Waals surface area contributed by atoms with Crippen molar-refractivity contribution in [3.05, 3.63) is 17.8 Å². The summed E-state index contributed by atoms with van der Waals surface area (Å²) < 4.78 is 10.0. The number of hydrogen-bond donors (Lipinski definition) is 1. The van der Waals surface area contributed by atoms with E-state index in [0.29, 0.717) is 31.9 Å². The number of hydrogen-bond acceptors (Lipinski definition) is 7. The molecule has 7 nitrogen and oxygen atoms in total. The molecular formula is C14H20N4O3. The van der Waals surface area contributed by atoms with E-state index < -0.39 is 5.97 Å². The molecule has 0 aliphatic carbocycles. The average Bonchev–Trinajstić information content (AvgIpc) is 2.48. The van der Waals surface area contributed by atoms with Gasteiger partial charge in [-0.3, -0.25) is 0 Å². The fraction of sp³-hybridized carbons (Fsp3) is 0.500. The molecule has 1 aromatic rings. The number of anilines is 2. The van der Waals surface area contributed by atoms with Crippen molar-refractivity contribution in [2.24, 2.45) is 0 Å². The number of ether oxygens (including phenoxy) is 2. The number of carbonyl (C=O) groups is 1. The third-order valence-electron chi connectivity index (χ3n) is 2.82. The Hall–Kier alpha value is -2.33. The van der Waals surface area contributed by atoms with Gasteiger partial charge in [-0.25, -0.2) is 9.78 Å². The molecule has 0 fully saturated rings. The quantitative estimate of drug-likeness (QED) is 0.718. The zero-order valence-corrected chi connectivity index (χ0v) is 12.3. The maximum Gasteiger partial charge on any atom is 0.340 e. The van der Waals surface area contributed by atoms with Crippen LogP contribution in [0.4, 0.5) is 11.5 Å². The normalized spacial score (nSPS) is 9.95. The minimum Gasteiger partial charge on any atom is -0.462 e. The lowest BCUT2D eigenvalue weighted by Crippen LogP contribution is -2.30. The van der Waals surface area contributed by atoms with Crippen LogP contribution in [0.2, 0.25) is 0 Å². The van der Waals surface area contributed by atoms with Gasteiger partial charge in [-0.05, 0) is 13.0 Å². The van der Waals surface area contributed by atoms with Gasteiger partial charge >= 0.3 is 5.97 Å². The van der Waals surface area contributed by atoms with Crippen molar-refractivity contribution < 1.29 is 14.3 Å². The van der Waals surface area contributed by atoms with Crippen molar-refractivity contribution in [2.45, 2.75) is 13.3 Å². The van der Waals surface area contributed by atoms with Crippen LogP contribution < -0.4 is 10.6 Å². The molecule has 0 saturated carbocycles. The summed E-state index contributed by atoms with van der Waals surface area (Å²) in [4.78, 5) is 17.9. The molecule has 1 heterocycles. The number of nitrogen functional groups attached to an aromatic ring is 1. The first-order valence-corrected chi connectivity index (χ1v) is 6.68. The SMILES string of the molecule is CCOC(=O)c1ccnc(N(CCC#N)CCOC)c1N. The molecule has 0 atom stereocenters. The van der Waals surface area contributed by atoms with Gasteiger partial charge in [0, 0.05) is 26.4 Å². The van der Waals surface area contributed by atoms with Gasteiger partial charge in [-0.1, -0.05) is 0 Å². The number of aromatic nitrogens is 1. The monoisotopic (exact) mass is 292 g/mol. The smallest absolute Gasteiger partial charge is 0.340 e. The van der Waals surface area contributed by atoms with E-state index >= 15 is 0 Å². The lowest BCUT2D eigenvalue weighted by molar-refractivity contribution is 0.0527. The molecule has 0 unspecified atom stereocenters. The molecule has 0 spiro atoms. The number of nitrogens with zero attached hydrogens (tertiary/aromatic N) is 3. The van der Waals surface area contributed by atoms with E-state index in [1.807, 2.05) is 4.90 Å². The van der Waals surface area contributed by atoms with Gasteiger partial charge in [-0.15, -0.1) is 0 Å². The van der Waals surface area contributed by atoms with Crippen LogP contribution in [0.15, 0.2) is 12.3 Å². The minimum atomic E-state index is -0.481. The van der Waals surface area contributed by atoms with E-state index in [1.165, 1.54) is 12.3 Å². The van der Waals surface area contributed by atoms with Crippen LogP contribution in [0.3, 0.4) is 0 Å². The van der Waals surface area contributed by atoms with Crippen LogP contribution in [-0.4, -0.2) is 44.4 Å². The molecular weight excluding hydrogens is 272 g/mol. The molecule has 0 aliphatic rings. The summed E-state index contributed by atoms with van der Waals surface area (Å²) in [6.45, 7) is 3.47. The number of carbonyl (C=O) groups excluding carboxylic acids is 1. The molecule has 2 N–H and O–H groups in total. The predicted octanol–water partition coefficient (Wildman–Crippen LogP) is 1.21. The molecule has 1 rings (SSSR count). The number of rotatable bonds is 8. The van der Waals surface area contributed by atoms with Gasteiger partial charge in [0.15, 0.2) is 5.82 Å². The van der Waals surface area contributed by atoms with Gasteiger partial charge in [0.25, 0.3) is 0 Å². The lowest BCUT2D eigenvalue weighted by atomic mass is 10.2. The van der Waals surface area contributed by atoms with E-state index in [0.717, 1.165) is 0 Å². The molecule has 1 aromatic heterocycles. The topological polar surface area (TPSA) is 101 Å². The third kappa shape index (κ3) is 4.61. The minimum absolute atomic E-state index is 0.255. The predicted molar refractivity (Wildman–Crippen MR) is 78.9 cm³/mol. The van der Waals surface area contributed by atoms with Crippen LogP contribution in [0.25, 0.3) is 0 Å². The highest BCUT2D eigenvalue weighted by Crippen LogP contribution is 2.24. The fourth-order valence-electron chi connectivity index (χ4n) is 1.81. The summed E-state index contributed by atoms with van der Waals surface area (Å²) in [5, 5.41) is 8.74. The van der Waals surface area contributed by atoms with E-state index in [4.69, 9.17) is 20.5 Å². The van der Waals surface area contributed by atoms with Crippen LogP contribution in [0.1, 0.15) is 23.7 Å². The zero-order chi connectivity index (χ0) is 15.7. The third-order valence-corrected chi connectivity index (χ3v) is 2.82. The summed E-state index contributed by atoms with van der Waals surface area (Å²) in [6, 6.07) is 3.60. The first-order chi connectivity index (χ1) is 10.2. The zero-order valence-electron chi connectivity index (χ0n) is 12.3. The van der Waals surface area contributed by atoms with Crippen molar-refractivity contribution >= 4 is 17.5 Å². The maximum absolute atomic E-state index is 11.8. The van der Waals surface area contributed by atoms with Crippen molar-refractivity contribution in [2.75, 3.05) is 44.0 Å². The molecule has 114 valence electrons. The molecule has 0 radical (unpaired) electrons. The second-order valence-electron chi connectivity index (χ2n) is 4.20. The Labute approximate surface area is 124 Å². The fourth-order valence-corrected chi connectivity index (χ4v) is 1.81. The maximum atomic E-state index is 11.8. The standard InChI is InChI=1S/C14H20N4O3/c1-3-21-14(19)11-5-7-17-13(12(11)16)18(8-4-6-15)9-10-20-2/h5,7H,3-4,8-10,16H2,1-2H3. The summed E-state index contributed by atoms with van der Waals surface area (Å²) in [5.74, 6) is -0.0153. The molecule has 7 heteroatoms. The Bertz CT molecular complexity index is 513. The molecule has 0 amide bonds.